The van der Waals surface area contributed by atoms with Gasteiger partial charge in [0.2, 0.25) is 0 Å². The van der Waals surface area contributed by atoms with Crippen molar-refractivity contribution in [1.82, 2.24) is 10.6 Å². The molecule has 0 aliphatic carbocycles. The summed E-state index contributed by atoms with van der Waals surface area (Å²) in [4.78, 5) is 12.7. The van der Waals surface area contributed by atoms with E-state index in [1.165, 1.54) is 11.3 Å². The highest BCUT2D eigenvalue weighted by molar-refractivity contribution is 7.12. The lowest BCUT2D eigenvalue weighted by Gasteiger charge is -2.23. The summed E-state index contributed by atoms with van der Waals surface area (Å²) in [5, 5.41) is 8.32. The van der Waals surface area contributed by atoms with Gasteiger partial charge in [-0.25, -0.2) is 0 Å². The molecule has 1 saturated heterocycles. The number of hydrogen-bond acceptors (Lipinski definition) is 3. The Labute approximate surface area is 93.9 Å². The molecule has 1 atom stereocenters. The highest BCUT2D eigenvalue weighted by atomic mass is 32.1. The van der Waals surface area contributed by atoms with Crippen molar-refractivity contribution in [3.8, 4) is 0 Å². The van der Waals surface area contributed by atoms with Crippen LogP contribution in [-0.2, 0) is 0 Å². The minimum Gasteiger partial charge on any atom is -0.347 e. The average molecular weight is 224 g/mol. The number of carbonyl (C=O) groups is 1. The van der Waals surface area contributed by atoms with Gasteiger partial charge in [0.05, 0.1) is 4.88 Å². The first kappa shape index (κ1) is 10.6. The first-order chi connectivity index (χ1) is 7.27. The minimum absolute atomic E-state index is 0.0798. The fourth-order valence-corrected chi connectivity index (χ4v) is 2.66. The molecular weight excluding hydrogens is 208 g/mol. The standard InChI is InChI=1S/C11H16N2OS/c1-8-4-6-15-10(8)11(14)13-9-3-2-5-12-7-9/h4,6,9,12H,2-3,5,7H2,1H3,(H,13,14). The molecule has 2 heterocycles. The van der Waals surface area contributed by atoms with Gasteiger partial charge in [-0.15, -0.1) is 11.3 Å². The Kier molecular flexibility index (Phi) is 3.38. The molecule has 3 nitrogen and oxygen atoms in total. The fourth-order valence-electron chi connectivity index (χ4n) is 1.83. The Morgan fingerprint density at radius 3 is 3.13 bits per heavy atom. The molecule has 1 aliphatic rings. The van der Waals surface area contributed by atoms with E-state index in [4.69, 9.17) is 0 Å². The summed E-state index contributed by atoms with van der Waals surface area (Å²) in [5.74, 6) is 0.0798. The number of carbonyl (C=O) groups excluding carboxylic acids is 1. The molecule has 1 fully saturated rings. The highest BCUT2D eigenvalue weighted by Crippen LogP contribution is 2.15. The van der Waals surface area contributed by atoms with Gasteiger partial charge in [0.15, 0.2) is 0 Å². The second-order valence-corrected chi connectivity index (χ2v) is 4.87. The van der Waals surface area contributed by atoms with Crippen LogP contribution >= 0.6 is 11.3 Å². The Morgan fingerprint density at radius 2 is 2.53 bits per heavy atom. The summed E-state index contributed by atoms with van der Waals surface area (Å²) >= 11 is 1.51. The van der Waals surface area contributed by atoms with E-state index in [-0.39, 0.29) is 5.91 Å². The molecule has 2 rings (SSSR count). The van der Waals surface area contributed by atoms with E-state index in [1.54, 1.807) is 0 Å². The molecule has 1 aliphatic heterocycles. The molecule has 0 spiro atoms. The predicted molar refractivity (Wildman–Crippen MR) is 62.4 cm³/mol. The number of piperidine rings is 1. The third-order valence-electron chi connectivity index (χ3n) is 2.70. The molecule has 0 saturated carbocycles. The van der Waals surface area contributed by atoms with Crippen molar-refractivity contribution in [3.05, 3.63) is 21.9 Å². The Bertz CT molecular complexity index is 342. The van der Waals surface area contributed by atoms with Crippen molar-refractivity contribution in [2.24, 2.45) is 0 Å². The number of thiophene rings is 1. The molecular formula is C11H16N2OS. The molecule has 0 bridgehead atoms. The van der Waals surface area contributed by atoms with Crippen LogP contribution in [0, 0.1) is 6.92 Å². The third kappa shape index (κ3) is 2.58. The van der Waals surface area contributed by atoms with Gasteiger partial charge in [0, 0.05) is 12.6 Å². The zero-order valence-electron chi connectivity index (χ0n) is 8.88. The second kappa shape index (κ2) is 4.77. The molecule has 1 amide bonds. The van der Waals surface area contributed by atoms with Crippen LogP contribution in [0.1, 0.15) is 28.1 Å². The minimum atomic E-state index is 0.0798. The third-order valence-corrected chi connectivity index (χ3v) is 3.72. The van der Waals surface area contributed by atoms with Crippen LogP contribution in [-0.4, -0.2) is 25.0 Å². The predicted octanol–water partition coefficient (Wildman–Crippen LogP) is 1.54. The Balaban J connectivity index is 1.94. The quantitative estimate of drug-likeness (QED) is 0.800. The largest absolute Gasteiger partial charge is 0.347 e. The zero-order valence-corrected chi connectivity index (χ0v) is 9.69. The lowest BCUT2D eigenvalue weighted by Crippen LogP contribution is -2.45. The van der Waals surface area contributed by atoms with Crippen molar-refractivity contribution in [2.45, 2.75) is 25.8 Å². The summed E-state index contributed by atoms with van der Waals surface area (Å²) in [6.07, 6.45) is 2.23. The van der Waals surface area contributed by atoms with Crippen LogP contribution in [0.15, 0.2) is 11.4 Å². The van der Waals surface area contributed by atoms with Crippen LogP contribution < -0.4 is 10.6 Å². The maximum atomic E-state index is 11.9. The van der Waals surface area contributed by atoms with Gasteiger partial charge >= 0.3 is 0 Å². The molecule has 1 aromatic rings. The van der Waals surface area contributed by atoms with Gasteiger partial charge in [0.1, 0.15) is 0 Å². The monoisotopic (exact) mass is 224 g/mol. The number of amides is 1. The van der Waals surface area contributed by atoms with Crippen LogP contribution in [0.3, 0.4) is 0 Å². The van der Waals surface area contributed by atoms with Crippen molar-refractivity contribution in [1.29, 1.82) is 0 Å². The zero-order chi connectivity index (χ0) is 10.7. The Morgan fingerprint density at radius 1 is 1.67 bits per heavy atom. The van der Waals surface area contributed by atoms with Crippen LogP contribution in [0.5, 0.6) is 0 Å². The lowest BCUT2D eigenvalue weighted by atomic mass is 10.1. The van der Waals surface area contributed by atoms with Gasteiger partial charge < -0.3 is 10.6 Å². The van der Waals surface area contributed by atoms with Crippen molar-refractivity contribution < 1.29 is 4.79 Å². The molecule has 15 heavy (non-hydrogen) atoms. The molecule has 4 heteroatoms. The van der Waals surface area contributed by atoms with E-state index < -0.39 is 0 Å². The molecule has 2 N–H and O–H groups in total. The van der Waals surface area contributed by atoms with E-state index in [0.29, 0.717) is 6.04 Å². The Hall–Kier alpha value is -0.870. The summed E-state index contributed by atoms with van der Waals surface area (Å²) in [6, 6.07) is 2.28. The molecule has 0 aromatic carbocycles. The highest BCUT2D eigenvalue weighted by Gasteiger charge is 2.17. The summed E-state index contributed by atoms with van der Waals surface area (Å²) < 4.78 is 0. The second-order valence-electron chi connectivity index (χ2n) is 3.95. The van der Waals surface area contributed by atoms with Gasteiger partial charge in [-0.1, -0.05) is 0 Å². The van der Waals surface area contributed by atoms with Crippen LogP contribution in [0.4, 0.5) is 0 Å². The summed E-state index contributed by atoms with van der Waals surface area (Å²) in [6.45, 7) is 3.95. The van der Waals surface area contributed by atoms with E-state index in [1.807, 2.05) is 18.4 Å². The van der Waals surface area contributed by atoms with Crippen LogP contribution in [0.2, 0.25) is 0 Å². The maximum Gasteiger partial charge on any atom is 0.261 e. The number of hydrogen-bond donors (Lipinski definition) is 2. The first-order valence-electron chi connectivity index (χ1n) is 5.33. The summed E-state index contributed by atoms with van der Waals surface area (Å²) in [7, 11) is 0. The SMILES string of the molecule is Cc1ccsc1C(=O)NC1CCCNC1. The first-order valence-corrected chi connectivity index (χ1v) is 6.21. The number of aryl methyl sites for hydroxylation is 1. The topological polar surface area (TPSA) is 41.1 Å². The van der Waals surface area contributed by atoms with Gasteiger partial charge in [-0.05, 0) is 43.3 Å². The fraction of sp³-hybridized carbons (Fsp3) is 0.545. The normalized spacial score (nSPS) is 21.3. The molecule has 1 aromatic heterocycles. The smallest absolute Gasteiger partial charge is 0.261 e. The molecule has 1 unspecified atom stereocenters. The van der Waals surface area contributed by atoms with Crippen molar-refractivity contribution in [3.63, 3.8) is 0 Å². The van der Waals surface area contributed by atoms with E-state index in [9.17, 15) is 4.79 Å². The average Bonchev–Trinajstić information content (AvgIpc) is 2.66. The molecule has 82 valence electrons. The van der Waals surface area contributed by atoms with E-state index in [0.717, 1.165) is 36.4 Å². The molecule has 0 radical (unpaired) electrons. The van der Waals surface area contributed by atoms with Crippen LogP contribution in [0.25, 0.3) is 0 Å². The lowest BCUT2D eigenvalue weighted by molar-refractivity contribution is 0.0934. The van der Waals surface area contributed by atoms with Gasteiger partial charge in [-0.2, -0.15) is 0 Å². The number of rotatable bonds is 2. The van der Waals surface area contributed by atoms with E-state index in [2.05, 4.69) is 10.6 Å². The van der Waals surface area contributed by atoms with Gasteiger partial charge in [-0.3, -0.25) is 4.79 Å². The van der Waals surface area contributed by atoms with Gasteiger partial charge in [0.25, 0.3) is 5.91 Å². The number of nitrogens with one attached hydrogen (secondary N) is 2. The van der Waals surface area contributed by atoms with Crippen molar-refractivity contribution >= 4 is 17.2 Å². The van der Waals surface area contributed by atoms with Crippen molar-refractivity contribution in [2.75, 3.05) is 13.1 Å². The summed E-state index contributed by atoms with van der Waals surface area (Å²) in [5.41, 5.74) is 1.07. The van der Waals surface area contributed by atoms with E-state index >= 15 is 0 Å². The maximum absolute atomic E-state index is 11.9.